The van der Waals surface area contributed by atoms with Crippen molar-refractivity contribution < 1.29 is 5.11 Å². The summed E-state index contributed by atoms with van der Waals surface area (Å²) >= 11 is 3.56. The number of rotatable bonds is 4. The van der Waals surface area contributed by atoms with Gasteiger partial charge in [-0.2, -0.15) is 5.10 Å². The van der Waals surface area contributed by atoms with Gasteiger partial charge in [-0.3, -0.25) is 4.68 Å². The number of nitrogens with zero attached hydrogens (tertiary/aromatic N) is 4. The lowest BCUT2D eigenvalue weighted by Gasteiger charge is -2.06. The summed E-state index contributed by atoms with van der Waals surface area (Å²) in [5.41, 5.74) is 2.79. The fourth-order valence-corrected chi connectivity index (χ4v) is 2.18. The molecule has 0 atom stereocenters. The molecule has 2 aromatic heterocycles. The normalized spacial score (nSPS) is 11.1. The van der Waals surface area contributed by atoms with Crippen LogP contribution in [0.5, 0.6) is 0 Å². The highest BCUT2D eigenvalue weighted by atomic mass is 79.9. The molecule has 92 valence electrons. The summed E-state index contributed by atoms with van der Waals surface area (Å²) in [6.45, 7) is 5.55. The van der Waals surface area contributed by atoms with E-state index >= 15 is 0 Å². The van der Waals surface area contributed by atoms with E-state index in [1.807, 2.05) is 22.4 Å². The smallest absolute Gasteiger partial charge is 0.0954 e. The fraction of sp³-hybridized carbons (Fsp3) is 0.455. The van der Waals surface area contributed by atoms with Gasteiger partial charge < -0.3 is 9.67 Å². The molecule has 0 spiro atoms. The molecule has 0 aliphatic rings. The second kappa shape index (κ2) is 5.01. The first-order valence-corrected chi connectivity index (χ1v) is 6.28. The Morgan fingerprint density at radius 3 is 2.82 bits per heavy atom. The summed E-state index contributed by atoms with van der Waals surface area (Å²) in [5, 5.41) is 13.4. The summed E-state index contributed by atoms with van der Waals surface area (Å²) in [6.07, 6.45) is 3.56. The van der Waals surface area contributed by atoms with Crippen LogP contribution in [0.25, 0.3) is 0 Å². The van der Waals surface area contributed by atoms with Crippen LogP contribution in [0.2, 0.25) is 0 Å². The van der Waals surface area contributed by atoms with E-state index in [1.165, 1.54) is 0 Å². The maximum atomic E-state index is 8.97. The molecule has 0 radical (unpaired) electrons. The van der Waals surface area contributed by atoms with Crippen LogP contribution in [0.15, 0.2) is 17.0 Å². The predicted molar refractivity (Wildman–Crippen MR) is 67.6 cm³/mol. The first-order chi connectivity index (χ1) is 8.15. The highest BCUT2D eigenvalue weighted by Crippen LogP contribution is 2.21. The van der Waals surface area contributed by atoms with E-state index in [9.17, 15) is 0 Å². The number of aromatic nitrogens is 4. The lowest BCUT2D eigenvalue weighted by atomic mass is 10.3. The van der Waals surface area contributed by atoms with E-state index in [4.69, 9.17) is 5.11 Å². The highest BCUT2D eigenvalue weighted by Gasteiger charge is 2.12. The lowest BCUT2D eigenvalue weighted by molar-refractivity contribution is 0.277. The molecule has 17 heavy (non-hydrogen) atoms. The van der Waals surface area contributed by atoms with E-state index < -0.39 is 0 Å². The minimum atomic E-state index is -0.0275. The standard InChI is InChI=1S/C11H15BrN4O/c1-3-16-10(11(12)8(2)14-16)5-15-4-9(6-17)13-7-15/h4,7,17H,3,5-6H2,1-2H3. The third kappa shape index (κ3) is 2.42. The van der Waals surface area contributed by atoms with Gasteiger partial charge in [0.1, 0.15) is 0 Å². The molecule has 0 fully saturated rings. The zero-order valence-corrected chi connectivity index (χ0v) is 11.5. The van der Waals surface area contributed by atoms with Crippen molar-refractivity contribution in [2.75, 3.05) is 0 Å². The first-order valence-electron chi connectivity index (χ1n) is 5.49. The molecule has 0 aliphatic heterocycles. The van der Waals surface area contributed by atoms with Gasteiger partial charge in [0, 0.05) is 12.7 Å². The third-order valence-electron chi connectivity index (χ3n) is 2.63. The molecule has 2 heterocycles. The van der Waals surface area contributed by atoms with E-state index in [1.54, 1.807) is 6.33 Å². The highest BCUT2D eigenvalue weighted by molar-refractivity contribution is 9.10. The van der Waals surface area contributed by atoms with E-state index in [2.05, 4.69) is 32.9 Å². The number of halogens is 1. The molecule has 0 saturated heterocycles. The first kappa shape index (κ1) is 12.3. The van der Waals surface area contributed by atoms with Crippen molar-refractivity contribution in [1.82, 2.24) is 19.3 Å². The average molecular weight is 299 g/mol. The van der Waals surface area contributed by atoms with Crippen molar-refractivity contribution in [2.24, 2.45) is 0 Å². The molecule has 0 amide bonds. The number of imidazole rings is 1. The van der Waals surface area contributed by atoms with Crippen LogP contribution in [0.3, 0.4) is 0 Å². The molecule has 1 N–H and O–H groups in total. The Labute approximate surface area is 108 Å². The van der Waals surface area contributed by atoms with Crippen LogP contribution < -0.4 is 0 Å². The number of aliphatic hydroxyl groups excluding tert-OH is 1. The molecule has 5 nitrogen and oxygen atoms in total. The van der Waals surface area contributed by atoms with Crippen molar-refractivity contribution in [1.29, 1.82) is 0 Å². The van der Waals surface area contributed by atoms with Gasteiger partial charge in [0.2, 0.25) is 0 Å². The zero-order chi connectivity index (χ0) is 12.4. The predicted octanol–water partition coefficient (Wildman–Crippen LogP) is 1.71. The van der Waals surface area contributed by atoms with E-state index in [-0.39, 0.29) is 6.61 Å². The molecular formula is C11H15BrN4O. The molecule has 0 aliphatic carbocycles. The largest absolute Gasteiger partial charge is 0.390 e. The Balaban J connectivity index is 2.28. The number of hydrogen-bond donors (Lipinski definition) is 1. The topological polar surface area (TPSA) is 55.9 Å². The summed E-state index contributed by atoms with van der Waals surface area (Å²) in [4.78, 5) is 4.09. The van der Waals surface area contributed by atoms with E-state index in [0.717, 1.165) is 22.4 Å². The van der Waals surface area contributed by atoms with Gasteiger partial charge in [-0.1, -0.05) is 0 Å². The van der Waals surface area contributed by atoms with Crippen molar-refractivity contribution in [3.8, 4) is 0 Å². The Kier molecular flexibility index (Phi) is 3.63. The van der Waals surface area contributed by atoms with Gasteiger partial charge >= 0.3 is 0 Å². The van der Waals surface area contributed by atoms with Crippen molar-refractivity contribution in [3.63, 3.8) is 0 Å². The molecule has 0 saturated carbocycles. The second-order valence-corrected chi connectivity index (χ2v) is 4.65. The molecule has 0 aromatic carbocycles. The average Bonchev–Trinajstić information content (AvgIpc) is 2.89. The molecule has 2 aromatic rings. The van der Waals surface area contributed by atoms with Gasteiger partial charge in [0.15, 0.2) is 0 Å². The van der Waals surface area contributed by atoms with Gasteiger partial charge in [0.25, 0.3) is 0 Å². The number of hydrogen-bond acceptors (Lipinski definition) is 3. The molecular weight excluding hydrogens is 284 g/mol. The zero-order valence-electron chi connectivity index (χ0n) is 9.89. The maximum Gasteiger partial charge on any atom is 0.0954 e. The summed E-state index contributed by atoms with van der Waals surface area (Å²) < 4.78 is 4.95. The molecule has 6 heteroatoms. The van der Waals surface area contributed by atoms with Crippen LogP contribution in [-0.4, -0.2) is 24.4 Å². The Morgan fingerprint density at radius 2 is 2.24 bits per heavy atom. The monoisotopic (exact) mass is 298 g/mol. The Hall–Kier alpha value is -1.14. The Morgan fingerprint density at radius 1 is 1.47 bits per heavy atom. The van der Waals surface area contributed by atoms with Gasteiger partial charge in [-0.25, -0.2) is 4.98 Å². The van der Waals surface area contributed by atoms with Crippen molar-refractivity contribution in [2.45, 2.75) is 33.5 Å². The molecule has 0 bridgehead atoms. The summed E-state index contributed by atoms with van der Waals surface area (Å²) in [6, 6.07) is 0. The van der Waals surface area contributed by atoms with Crippen LogP contribution in [0.1, 0.15) is 24.0 Å². The number of aliphatic hydroxyl groups is 1. The number of aryl methyl sites for hydroxylation is 2. The van der Waals surface area contributed by atoms with Gasteiger partial charge in [-0.05, 0) is 29.8 Å². The minimum absolute atomic E-state index is 0.0275. The summed E-state index contributed by atoms with van der Waals surface area (Å²) in [7, 11) is 0. The maximum absolute atomic E-state index is 8.97. The molecule has 0 unspecified atom stereocenters. The van der Waals surface area contributed by atoms with Gasteiger partial charge in [-0.15, -0.1) is 0 Å². The SMILES string of the molecule is CCn1nc(C)c(Br)c1Cn1cnc(CO)c1. The van der Waals surface area contributed by atoms with E-state index in [0.29, 0.717) is 12.2 Å². The Bertz CT molecular complexity index is 518. The third-order valence-corrected chi connectivity index (χ3v) is 3.67. The van der Waals surface area contributed by atoms with Crippen molar-refractivity contribution >= 4 is 15.9 Å². The quantitative estimate of drug-likeness (QED) is 0.935. The van der Waals surface area contributed by atoms with Crippen LogP contribution >= 0.6 is 15.9 Å². The van der Waals surface area contributed by atoms with Crippen LogP contribution in [-0.2, 0) is 19.7 Å². The fourth-order valence-electron chi connectivity index (χ4n) is 1.77. The minimum Gasteiger partial charge on any atom is -0.390 e. The lowest BCUT2D eigenvalue weighted by Crippen LogP contribution is -2.07. The van der Waals surface area contributed by atoms with Crippen LogP contribution in [0.4, 0.5) is 0 Å². The molecule has 2 rings (SSSR count). The van der Waals surface area contributed by atoms with Gasteiger partial charge in [0.05, 0.1) is 41.0 Å². The van der Waals surface area contributed by atoms with Crippen LogP contribution in [0, 0.1) is 6.92 Å². The second-order valence-electron chi connectivity index (χ2n) is 3.86. The summed E-state index contributed by atoms with van der Waals surface area (Å²) in [5.74, 6) is 0. The van der Waals surface area contributed by atoms with Crippen molar-refractivity contribution in [3.05, 3.63) is 34.1 Å².